The van der Waals surface area contributed by atoms with Crippen molar-refractivity contribution in [3.05, 3.63) is 69.4 Å². The Labute approximate surface area is 552 Å². The molecule has 6 rings (SSSR count). The molecule has 0 unspecified atom stereocenters. The maximum absolute atomic E-state index is 14.5. The number of aryl methyl sites for hydroxylation is 1. The van der Waals surface area contributed by atoms with Crippen LogP contribution in [0, 0.1) is 20.8 Å². The molecule has 0 bridgehead atoms. The number of rotatable bonds is 32. The van der Waals surface area contributed by atoms with E-state index in [-0.39, 0.29) is 109 Å². The molecular weight excluding hydrogens is 1330 g/mol. The molecule has 30 heteroatoms. The number of esters is 1. The molecule has 1 aromatic heterocycles. The summed E-state index contributed by atoms with van der Waals surface area (Å²) >= 11 is 2.23. The zero-order chi connectivity index (χ0) is 67.5. The summed E-state index contributed by atoms with van der Waals surface area (Å²) in [5, 5.41) is 49.7. The lowest BCUT2D eigenvalue weighted by molar-refractivity contribution is -0.147. The number of nitrogens with one attached hydrogen (secondary N) is 4. The summed E-state index contributed by atoms with van der Waals surface area (Å²) in [5.74, 6) is -10.0. The van der Waals surface area contributed by atoms with E-state index in [1.807, 2.05) is 24.3 Å². The van der Waals surface area contributed by atoms with Crippen LogP contribution in [0.25, 0.3) is 10.9 Å². The van der Waals surface area contributed by atoms with E-state index in [9.17, 15) is 77.3 Å². The average Bonchev–Trinajstić information content (AvgIpc) is 1.83. The number of ether oxygens (including phenoxy) is 2. The van der Waals surface area contributed by atoms with Gasteiger partial charge in [-0.05, 0) is 128 Å². The van der Waals surface area contributed by atoms with Crippen LogP contribution in [0.4, 0.5) is 8.78 Å². The second-order valence-corrected chi connectivity index (χ2v) is 24.9. The van der Waals surface area contributed by atoms with E-state index in [4.69, 9.17) is 9.47 Å². The van der Waals surface area contributed by atoms with Crippen LogP contribution in [0.2, 0.25) is 0 Å². The molecule has 93 heavy (non-hydrogen) atoms. The molecule has 0 aliphatic carbocycles. The van der Waals surface area contributed by atoms with Crippen LogP contribution in [0.15, 0.2) is 54.7 Å². The fraction of sp³-hybridized carbons (Fsp3) is 0.587. The first-order chi connectivity index (χ1) is 44.5. The molecule has 3 fully saturated rings. The molecule has 3 saturated heterocycles. The molecule has 3 aromatic rings. The molecule has 3 aliphatic heterocycles. The number of halogens is 3. The monoisotopic (exact) mass is 1410 g/mol. The third-order valence-electron chi connectivity index (χ3n) is 16.6. The number of benzene rings is 2. The third kappa shape index (κ3) is 25.9. The Morgan fingerprint density at radius 1 is 0.731 bits per heavy atom. The van der Waals surface area contributed by atoms with E-state index in [0.29, 0.717) is 81.3 Å². The van der Waals surface area contributed by atoms with E-state index in [1.54, 1.807) is 48.8 Å². The summed E-state index contributed by atoms with van der Waals surface area (Å²) in [7, 11) is 1.16. The summed E-state index contributed by atoms with van der Waals surface area (Å²) in [5.41, 5.74) is 1.77. The van der Waals surface area contributed by atoms with Crippen LogP contribution in [0.1, 0.15) is 93.0 Å². The summed E-state index contributed by atoms with van der Waals surface area (Å²) < 4.78 is 40.0. The molecule has 6 amide bonds. The smallest absolute Gasteiger partial charge is 0.317 e. The molecule has 0 radical (unpaired) electrons. The highest BCUT2D eigenvalue weighted by Crippen LogP contribution is 2.32. The first-order valence-corrected chi connectivity index (χ1v) is 32.4. The van der Waals surface area contributed by atoms with Crippen LogP contribution < -0.4 is 26.0 Å². The summed E-state index contributed by atoms with van der Waals surface area (Å²) in [4.78, 5) is 143. The van der Waals surface area contributed by atoms with Gasteiger partial charge in [0, 0.05) is 100.0 Å². The van der Waals surface area contributed by atoms with Crippen molar-refractivity contribution < 1.29 is 81.5 Å². The summed E-state index contributed by atoms with van der Waals surface area (Å²) in [6, 6.07) is 12.4. The first-order valence-electron chi connectivity index (χ1n) is 31.4. The number of nitriles is 1. The second kappa shape index (κ2) is 37.8. The van der Waals surface area contributed by atoms with Gasteiger partial charge in [-0.1, -0.05) is 18.6 Å². The van der Waals surface area contributed by atoms with Gasteiger partial charge in [0.2, 0.25) is 29.5 Å². The lowest BCUT2D eigenvalue weighted by Crippen LogP contribution is -2.57. The van der Waals surface area contributed by atoms with Gasteiger partial charge in [0.05, 0.1) is 76.6 Å². The second-order valence-electron chi connectivity index (χ2n) is 23.6. The van der Waals surface area contributed by atoms with Crippen LogP contribution >= 0.6 is 22.6 Å². The first kappa shape index (κ1) is 74.3. The van der Waals surface area contributed by atoms with Crippen LogP contribution in [0.5, 0.6) is 5.75 Å². The highest BCUT2D eigenvalue weighted by atomic mass is 127. The van der Waals surface area contributed by atoms with E-state index < -0.39 is 103 Å². The van der Waals surface area contributed by atoms with Gasteiger partial charge in [-0.25, -0.2) is 8.78 Å². The lowest BCUT2D eigenvalue weighted by atomic mass is 9.91. The van der Waals surface area contributed by atoms with Gasteiger partial charge in [0.1, 0.15) is 23.9 Å². The fourth-order valence-corrected chi connectivity index (χ4v) is 11.8. The zero-order valence-corrected chi connectivity index (χ0v) is 54.5. The van der Waals surface area contributed by atoms with Crippen molar-refractivity contribution in [1.82, 2.24) is 55.7 Å². The summed E-state index contributed by atoms with van der Waals surface area (Å²) in [6.07, 6.45) is 6.17. The number of alkyl halides is 2. The van der Waals surface area contributed by atoms with Gasteiger partial charge in [-0.15, -0.1) is 0 Å². The van der Waals surface area contributed by atoms with E-state index in [2.05, 4.69) is 48.8 Å². The van der Waals surface area contributed by atoms with Crippen LogP contribution in [-0.2, 0) is 54.3 Å². The fourth-order valence-electron chi connectivity index (χ4n) is 11.5. The number of piperidine rings is 1. The van der Waals surface area contributed by atoms with E-state index in [0.717, 1.165) is 40.4 Å². The molecule has 27 nitrogen and oxygen atoms in total. The largest absolute Gasteiger partial charge is 0.494 e. The predicted molar refractivity (Wildman–Crippen MR) is 342 cm³/mol. The quantitative estimate of drug-likeness (QED) is 0.0268. The molecule has 7 N–H and O–H groups in total. The lowest BCUT2D eigenvalue weighted by Gasteiger charge is -2.35. The number of fused-ring (bicyclic) bond motifs is 1. The minimum absolute atomic E-state index is 0.0625. The number of pyridine rings is 1. The number of methoxy groups -OCH3 is 1. The number of unbranched alkanes of at least 4 members (excludes halogenated alkanes) is 2. The third-order valence-corrected chi connectivity index (χ3v) is 17.3. The van der Waals surface area contributed by atoms with Gasteiger partial charge in [-0.3, -0.25) is 72.5 Å². The average molecular weight is 1420 g/mol. The zero-order valence-electron chi connectivity index (χ0n) is 52.4. The highest BCUT2D eigenvalue weighted by molar-refractivity contribution is 14.1. The maximum Gasteiger partial charge on any atom is 0.317 e. The summed E-state index contributed by atoms with van der Waals surface area (Å²) in [6.45, 7) is -0.354. The Morgan fingerprint density at radius 3 is 1.94 bits per heavy atom. The molecule has 0 spiro atoms. The number of carbonyl (C=O) groups excluding carboxylic acids is 7. The van der Waals surface area contributed by atoms with Gasteiger partial charge in [-0.2, -0.15) is 5.26 Å². The van der Waals surface area contributed by atoms with Gasteiger partial charge < -0.3 is 55.9 Å². The maximum atomic E-state index is 14.5. The number of aromatic nitrogens is 1. The Balaban J connectivity index is 1.04. The van der Waals surface area contributed by atoms with Crippen LogP contribution in [-0.4, -0.2) is 258 Å². The van der Waals surface area contributed by atoms with Crippen molar-refractivity contribution >= 4 is 92.8 Å². The number of aliphatic carboxylic acids is 3. The van der Waals surface area contributed by atoms with Gasteiger partial charge in [0.15, 0.2) is 0 Å². The molecule has 2 aromatic carbocycles. The van der Waals surface area contributed by atoms with E-state index in [1.165, 1.54) is 12.3 Å². The molecule has 4 heterocycles. The van der Waals surface area contributed by atoms with Crippen molar-refractivity contribution in [2.24, 2.45) is 5.92 Å². The van der Waals surface area contributed by atoms with Gasteiger partial charge >= 0.3 is 23.9 Å². The Morgan fingerprint density at radius 2 is 1.34 bits per heavy atom. The number of likely N-dealkylation sites (tertiary alicyclic amines) is 2. The van der Waals surface area contributed by atoms with Crippen molar-refractivity contribution in [2.75, 3.05) is 125 Å². The SMILES string of the molecule is COC(=O)C[C@H](NC(=O)[C@H](CCCCNC(=O)CCCc1ccc(I)cc1)NC(=O)CN1CCN(CC(=O)O)CCN(CC(=O)O)CCN(CC(=O)O)CC1)C(=O)N1CCC(CCCCOc2ccc3nccc(C(=O)NCC(=O)N4CC(F)(F)C[C@@H]4C#N)c3c2)CC1. The molecule has 0 saturated carbocycles. The molecular formula is C63H85F2IN12O15. The van der Waals surface area contributed by atoms with Crippen molar-refractivity contribution in [1.29, 1.82) is 5.26 Å². The Bertz CT molecular complexity index is 3070. The number of nitrogens with zero attached hydrogens (tertiary/aromatic N) is 8. The number of amides is 6. The Kier molecular flexibility index (Phi) is 30.2. The number of hydrogen-bond acceptors (Lipinski definition) is 18. The van der Waals surface area contributed by atoms with Crippen molar-refractivity contribution in [2.45, 2.75) is 108 Å². The minimum Gasteiger partial charge on any atom is -0.494 e. The van der Waals surface area contributed by atoms with E-state index >= 15 is 0 Å². The number of hydrogen-bond donors (Lipinski definition) is 7. The van der Waals surface area contributed by atoms with Crippen molar-refractivity contribution in [3.8, 4) is 11.8 Å². The van der Waals surface area contributed by atoms with Gasteiger partial charge in [0.25, 0.3) is 11.8 Å². The molecule has 3 atom stereocenters. The highest BCUT2D eigenvalue weighted by Gasteiger charge is 2.47. The molecule has 508 valence electrons. The number of carboxylic acid groups (broad SMARTS) is 3. The predicted octanol–water partition coefficient (Wildman–Crippen LogP) is 2.43. The Hall–Kier alpha value is -7.73. The normalized spacial score (nSPS) is 17.8. The minimum atomic E-state index is -3.20. The topological polar surface area (TPSA) is 354 Å². The standard InChI is InChI=1S/C63H85F2IN12O15/c1-92-59(88)34-52(62(91)77-22-18-44(19-23-77)7-3-5-32-93-47-15-16-50-49(33-47)48(17-21-68-50)60(89)70-37-55(81)78-42-63(64,65)35-46(78)36-67)72-61(90)51(9-2-4-20-69-53(79)10-6-8-43-11-13-45(66)14-12-43)71-54(80)38-73-24-26-74(39-56(82)83)28-30-76(41-58(86)87)31-29-75(27-25-73)40-57(84)85/h11-17,21,33,44,46,51-52H,2-10,18-20,22-32,34-35,37-42H2,1H3,(H,69,79)(H,70,89)(H,71,80)(H,72,90)(H,82,83)(H,84,85)(H,86,87)/t46-,51+,52+/m1/s1. The molecule has 3 aliphatic rings. The number of carboxylic acids is 3. The number of carbonyl (C=O) groups is 10. The van der Waals surface area contributed by atoms with Crippen molar-refractivity contribution in [3.63, 3.8) is 0 Å². The van der Waals surface area contributed by atoms with Crippen LogP contribution in [0.3, 0.4) is 0 Å².